The molecule has 3 heterocycles. The Balaban J connectivity index is 1.78. The van der Waals surface area contributed by atoms with Gasteiger partial charge in [-0.05, 0) is 5.56 Å². The average Bonchev–Trinajstić information content (AvgIpc) is 3.42. The van der Waals surface area contributed by atoms with Crippen LogP contribution in [0.15, 0.2) is 71.4 Å². The number of hydrogen-bond donors (Lipinski definition) is 1. The number of hydrogen-bond acceptors (Lipinski definition) is 6. The Bertz CT molecular complexity index is 1090. The molecule has 5 rings (SSSR count). The van der Waals surface area contributed by atoms with Gasteiger partial charge < -0.3 is 10.2 Å². The van der Waals surface area contributed by atoms with Crippen LogP contribution < -0.4 is 5.73 Å². The molecule has 6 heteroatoms. The molecule has 0 bridgehead atoms. The van der Waals surface area contributed by atoms with Gasteiger partial charge in [-0.1, -0.05) is 60.7 Å². The first-order valence-electron chi connectivity index (χ1n) is 9.20. The van der Waals surface area contributed by atoms with E-state index in [0.717, 1.165) is 45.0 Å². The molecule has 0 spiro atoms. The molecule has 1 fully saturated rings. The third kappa shape index (κ3) is 3.11. The smallest absolute Gasteiger partial charge is 0.230 e. The molecule has 1 aliphatic rings. The summed E-state index contributed by atoms with van der Waals surface area (Å²) in [5.74, 6) is 3.06. The summed E-state index contributed by atoms with van der Waals surface area (Å²) in [6, 6.07) is 20.3. The fourth-order valence-electron chi connectivity index (χ4n) is 3.59. The molecule has 2 N–H and O–H groups in total. The van der Waals surface area contributed by atoms with Gasteiger partial charge in [0.2, 0.25) is 5.71 Å². The summed E-state index contributed by atoms with van der Waals surface area (Å²) in [5, 5.41) is 0.924. The van der Waals surface area contributed by atoms with Crippen molar-refractivity contribution in [3.63, 3.8) is 0 Å². The quantitative estimate of drug-likeness (QED) is 0.493. The lowest BCUT2D eigenvalue weighted by Gasteiger charge is -2.18. The Morgan fingerprint density at radius 3 is 2.21 bits per heavy atom. The van der Waals surface area contributed by atoms with Crippen molar-refractivity contribution in [3.8, 4) is 22.5 Å². The van der Waals surface area contributed by atoms with Crippen LogP contribution in [0.5, 0.6) is 0 Å². The Morgan fingerprint density at radius 1 is 0.893 bits per heavy atom. The standard InChI is InChI=1S/C22H19N3OS2/c23-18(22-27-11-12-28-22)19-17-16(14-7-3-1-4-8-14)20(15-9-5-2-6-10-15)26-21(17)25-13-24-19/h1-10,13,18,22H,11-12,23H2. The Labute approximate surface area is 172 Å². The minimum atomic E-state index is -0.174. The number of nitrogens with two attached hydrogens (primary N) is 1. The number of furan rings is 1. The number of nitrogens with zero attached hydrogens (tertiary/aromatic N) is 2. The fraction of sp³-hybridized carbons (Fsp3) is 0.182. The second-order valence-electron chi connectivity index (χ2n) is 6.61. The van der Waals surface area contributed by atoms with Gasteiger partial charge in [0.25, 0.3) is 0 Å². The maximum atomic E-state index is 6.69. The van der Waals surface area contributed by atoms with E-state index >= 15 is 0 Å². The van der Waals surface area contributed by atoms with E-state index in [1.807, 2.05) is 59.9 Å². The fourth-order valence-corrected chi connectivity index (χ4v) is 6.46. The first-order valence-corrected chi connectivity index (χ1v) is 11.3. The summed E-state index contributed by atoms with van der Waals surface area (Å²) in [4.78, 5) is 9.06. The molecule has 1 unspecified atom stereocenters. The zero-order chi connectivity index (χ0) is 18.9. The van der Waals surface area contributed by atoms with E-state index in [1.165, 1.54) is 0 Å². The normalized spacial score (nSPS) is 15.9. The topological polar surface area (TPSA) is 64.9 Å². The summed E-state index contributed by atoms with van der Waals surface area (Å²) in [5.41, 5.74) is 11.2. The highest BCUT2D eigenvalue weighted by molar-refractivity contribution is 8.20. The number of rotatable bonds is 4. The zero-order valence-electron chi connectivity index (χ0n) is 15.1. The van der Waals surface area contributed by atoms with Gasteiger partial charge in [0.15, 0.2) is 0 Å². The summed E-state index contributed by atoms with van der Waals surface area (Å²) >= 11 is 3.81. The average molecular weight is 406 g/mol. The van der Waals surface area contributed by atoms with Gasteiger partial charge in [0.05, 0.1) is 21.7 Å². The Hall–Kier alpha value is -2.28. The molecule has 4 nitrogen and oxygen atoms in total. The number of thioether (sulfide) groups is 2. The largest absolute Gasteiger partial charge is 0.437 e. The first kappa shape index (κ1) is 17.8. The number of benzene rings is 2. The van der Waals surface area contributed by atoms with Crippen LogP contribution in [0, 0.1) is 0 Å². The Morgan fingerprint density at radius 2 is 1.54 bits per heavy atom. The molecule has 2 aromatic carbocycles. The number of aromatic nitrogens is 2. The van der Waals surface area contributed by atoms with Crippen molar-refractivity contribution in [2.24, 2.45) is 5.73 Å². The van der Waals surface area contributed by atoms with Gasteiger partial charge >= 0.3 is 0 Å². The van der Waals surface area contributed by atoms with Crippen LogP contribution in [0.25, 0.3) is 33.6 Å². The predicted molar refractivity (Wildman–Crippen MR) is 118 cm³/mol. The molecule has 0 aliphatic carbocycles. The van der Waals surface area contributed by atoms with Crippen LogP contribution >= 0.6 is 23.5 Å². The lowest BCUT2D eigenvalue weighted by molar-refractivity contribution is 0.616. The maximum absolute atomic E-state index is 6.69. The molecular weight excluding hydrogens is 386 g/mol. The molecule has 1 saturated heterocycles. The summed E-state index contributed by atoms with van der Waals surface area (Å²) in [6.07, 6.45) is 1.56. The lowest BCUT2D eigenvalue weighted by atomic mass is 9.97. The molecule has 28 heavy (non-hydrogen) atoms. The third-order valence-electron chi connectivity index (χ3n) is 4.87. The van der Waals surface area contributed by atoms with E-state index in [-0.39, 0.29) is 6.04 Å². The van der Waals surface area contributed by atoms with Gasteiger partial charge in [0.1, 0.15) is 12.1 Å². The van der Waals surface area contributed by atoms with Crippen LogP contribution in [0.4, 0.5) is 0 Å². The van der Waals surface area contributed by atoms with Gasteiger partial charge in [-0.3, -0.25) is 0 Å². The highest BCUT2D eigenvalue weighted by atomic mass is 32.2. The van der Waals surface area contributed by atoms with E-state index in [9.17, 15) is 0 Å². The molecule has 140 valence electrons. The summed E-state index contributed by atoms with van der Waals surface area (Å²) in [7, 11) is 0. The van der Waals surface area contributed by atoms with Crippen LogP contribution in [-0.2, 0) is 0 Å². The molecule has 0 radical (unpaired) electrons. The van der Waals surface area contributed by atoms with Crippen molar-refractivity contribution in [3.05, 3.63) is 72.7 Å². The molecule has 1 aliphatic heterocycles. The lowest BCUT2D eigenvalue weighted by Crippen LogP contribution is -2.21. The molecule has 0 amide bonds. The zero-order valence-corrected chi connectivity index (χ0v) is 16.7. The second kappa shape index (κ2) is 7.62. The van der Waals surface area contributed by atoms with Crippen molar-refractivity contribution in [1.82, 2.24) is 9.97 Å². The van der Waals surface area contributed by atoms with Crippen LogP contribution in [0.1, 0.15) is 11.7 Å². The van der Waals surface area contributed by atoms with Crippen molar-refractivity contribution in [2.45, 2.75) is 10.6 Å². The molecule has 1 atom stereocenters. The van der Waals surface area contributed by atoms with Crippen molar-refractivity contribution >= 4 is 34.6 Å². The van der Waals surface area contributed by atoms with Crippen LogP contribution in [0.3, 0.4) is 0 Å². The van der Waals surface area contributed by atoms with E-state index in [0.29, 0.717) is 10.3 Å². The monoisotopic (exact) mass is 405 g/mol. The van der Waals surface area contributed by atoms with Crippen LogP contribution in [0.2, 0.25) is 0 Å². The van der Waals surface area contributed by atoms with E-state index < -0.39 is 0 Å². The summed E-state index contributed by atoms with van der Waals surface area (Å²) in [6.45, 7) is 0. The SMILES string of the molecule is NC(c1ncnc2oc(-c3ccccc3)c(-c3ccccc3)c12)C1SCCS1. The Kier molecular flexibility index (Phi) is 4.84. The van der Waals surface area contributed by atoms with E-state index in [1.54, 1.807) is 6.33 Å². The molecular formula is C22H19N3OS2. The first-order chi connectivity index (χ1) is 13.8. The van der Waals surface area contributed by atoms with Gasteiger partial charge in [-0.2, -0.15) is 0 Å². The van der Waals surface area contributed by atoms with Crippen molar-refractivity contribution < 1.29 is 4.42 Å². The van der Waals surface area contributed by atoms with E-state index in [2.05, 4.69) is 34.2 Å². The molecule has 4 aromatic rings. The molecule has 2 aromatic heterocycles. The van der Waals surface area contributed by atoms with Crippen molar-refractivity contribution in [2.75, 3.05) is 11.5 Å². The highest BCUT2D eigenvalue weighted by Gasteiger charge is 2.30. The van der Waals surface area contributed by atoms with Gasteiger partial charge in [-0.15, -0.1) is 23.5 Å². The number of fused-ring (bicyclic) bond motifs is 1. The van der Waals surface area contributed by atoms with Gasteiger partial charge in [-0.25, -0.2) is 9.97 Å². The van der Waals surface area contributed by atoms with Gasteiger partial charge in [0, 0.05) is 22.6 Å². The predicted octanol–water partition coefficient (Wildman–Crippen LogP) is 5.36. The van der Waals surface area contributed by atoms with Crippen molar-refractivity contribution in [1.29, 1.82) is 0 Å². The third-order valence-corrected chi connectivity index (χ3v) is 8.07. The van der Waals surface area contributed by atoms with E-state index in [4.69, 9.17) is 10.2 Å². The van der Waals surface area contributed by atoms with Crippen LogP contribution in [-0.4, -0.2) is 26.1 Å². The molecule has 0 saturated carbocycles. The maximum Gasteiger partial charge on any atom is 0.230 e. The summed E-state index contributed by atoms with van der Waals surface area (Å²) < 4.78 is 6.58. The minimum absolute atomic E-state index is 0.174. The minimum Gasteiger partial charge on any atom is -0.437 e. The highest BCUT2D eigenvalue weighted by Crippen LogP contribution is 2.45. The second-order valence-corrected chi connectivity index (χ2v) is 9.41.